The zero-order valence-corrected chi connectivity index (χ0v) is 31.1. The molecule has 13 heteroatoms. The number of oxime groups is 1. The Morgan fingerprint density at radius 2 is 1.56 bits per heavy atom. The molecule has 1 unspecified atom stereocenters. The van der Waals surface area contributed by atoms with E-state index in [1.54, 1.807) is 0 Å². The van der Waals surface area contributed by atoms with Crippen molar-refractivity contribution in [3.05, 3.63) is 135 Å². The summed E-state index contributed by atoms with van der Waals surface area (Å²) >= 11 is 13.8. The van der Waals surface area contributed by atoms with Gasteiger partial charge in [-0.15, -0.1) is 0 Å². The first-order chi connectivity index (χ1) is 25.2. The number of rotatable bonds is 16. The van der Waals surface area contributed by atoms with Gasteiger partial charge in [0.25, 0.3) is 0 Å². The van der Waals surface area contributed by atoms with E-state index in [4.69, 9.17) is 38.1 Å². The lowest BCUT2D eigenvalue weighted by Crippen LogP contribution is -2.34. The van der Waals surface area contributed by atoms with Crippen molar-refractivity contribution in [1.29, 1.82) is 0 Å². The number of hydrogen-bond donors (Lipinski definition) is 2. The van der Waals surface area contributed by atoms with E-state index in [1.807, 2.05) is 78.8 Å². The number of alkyl halides is 3. The third kappa shape index (κ3) is 11.7. The minimum atomic E-state index is -4.39. The lowest BCUT2D eigenvalue weighted by atomic mass is 9.91. The van der Waals surface area contributed by atoms with E-state index in [2.05, 4.69) is 27.3 Å². The van der Waals surface area contributed by atoms with E-state index < -0.39 is 11.7 Å². The van der Waals surface area contributed by atoms with Gasteiger partial charge in [-0.2, -0.15) is 18.3 Å². The summed E-state index contributed by atoms with van der Waals surface area (Å²) < 4.78 is 42.8. The summed E-state index contributed by atoms with van der Waals surface area (Å²) in [5.74, 6) is 0.679. The first-order valence-corrected chi connectivity index (χ1v) is 18.7. The van der Waals surface area contributed by atoms with Crippen LogP contribution < -0.4 is 10.0 Å². The van der Waals surface area contributed by atoms with Crippen LogP contribution in [0.15, 0.2) is 123 Å². The van der Waals surface area contributed by atoms with E-state index in [1.165, 1.54) is 24.1 Å². The van der Waals surface area contributed by atoms with E-state index in [0.717, 1.165) is 59.6 Å². The molecule has 0 saturated heterocycles. The van der Waals surface area contributed by atoms with Crippen LogP contribution in [0.25, 0.3) is 0 Å². The predicted molar refractivity (Wildman–Crippen MR) is 208 cm³/mol. The fourth-order valence-corrected chi connectivity index (χ4v) is 6.45. The molecule has 0 aliphatic carbocycles. The van der Waals surface area contributed by atoms with Gasteiger partial charge in [0.2, 0.25) is 5.96 Å². The Hall–Kier alpha value is -4.03. The molecule has 274 valence electrons. The van der Waals surface area contributed by atoms with Crippen LogP contribution in [0.2, 0.25) is 10.0 Å². The van der Waals surface area contributed by atoms with Crippen LogP contribution in [-0.4, -0.2) is 55.7 Å². The highest BCUT2D eigenvalue weighted by Crippen LogP contribution is 2.31. The number of nitrogens with one attached hydrogen (secondary N) is 2. The van der Waals surface area contributed by atoms with Crippen molar-refractivity contribution in [1.82, 2.24) is 15.0 Å². The van der Waals surface area contributed by atoms with Gasteiger partial charge in [0, 0.05) is 33.9 Å². The standard InChI is InChI=1S/C39H41Cl2F3N6OS/c1-45-25-26-51-48-36(29-12-16-31(17-13-29)39(42,43)44)11-7-2-3-8-24-46-38(49-52-34-22-20-33(41)21-23-34)50-27-35(28-9-5-4-6-10-28)37(47-50)30-14-18-32(40)19-15-30/h4-6,9-10,12-23,35,45H,2-3,7-8,11,24-27H2,1H3,(H,46,49)/b48-36-. The summed E-state index contributed by atoms with van der Waals surface area (Å²) in [4.78, 5) is 11.4. The van der Waals surface area contributed by atoms with Crippen LogP contribution in [-0.2, 0) is 11.0 Å². The van der Waals surface area contributed by atoms with E-state index in [-0.39, 0.29) is 5.92 Å². The summed E-state index contributed by atoms with van der Waals surface area (Å²) in [7, 11) is 1.81. The van der Waals surface area contributed by atoms with E-state index in [9.17, 15) is 13.2 Å². The molecule has 0 bridgehead atoms. The van der Waals surface area contributed by atoms with Gasteiger partial charge in [-0.25, -0.2) is 5.01 Å². The van der Waals surface area contributed by atoms with Crippen molar-refractivity contribution in [2.24, 2.45) is 15.2 Å². The molecule has 1 atom stereocenters. The van der Waals surface area contributed by atoms with E-state index >= 15 is 0 Å². The van der Waals surface area contributed by atoms with Gasteiger partial charge < -0.3 is 10.2 Å². The zero-order chi connectivity index (χ0) is 36.8. The molecule has 1 aliphatic heterocycles. The van der Waals surface area contributed by atoms with Gasteiger partial charge >= 0.3 is 6.18 Å². The second-order valence-electron chi connectivity index (χ2n) is 12.1. The fourth-order valence-electron chi connectivity index (χ4n) is 5.54. The number of hydrogen-bond acceptors (Lipinski definition) is 6. The van der Waals surface area contributed by atoms with Crippen LogP contribution >= 0.6 is 35.1 Å². The van der Waals surface area contributed by atoms with Gasteiger partial charge in [-0.1, -0.05) is 95.8 Å². The number of halogens is 5. The Morgan fingerprint density at radius 3 is 2.23 bits per heavy atom. The maximum absolute atomic E-state index is 13.1. The molecule has 4 aromatic carbocycles. The molecule has 1 heterocycles. The number of likely N-dealkylation sites (N-methyl/N-ethyl adjacent to an activating group) is 1. The maximum atomic E-state index is 13.1. The highest BCUT2D eigenvalue weighted by Gasteiger charge is 2.32. The molecule has 52 heavy (non-hydrogen) atoms. The molecule has 1 aliphatic rings. The van der Waals surface area contributed by atoms with Gasteiger partial charge in [0.1, 0.15) is 6.61 Å². The van der Waals surface area contributed by atoms with Crippen LogP contribution in [0.4, 0.5) is 13.2 Å². The molecule has 0 amide bonds. The number of benzene rings is 4. The normalized spacial score (nSPS) is 15.2. The molecule has 0 saturated carbocycles. The number of unbranched alkanes of at least 4 members (excludes halogenated alkanes) is 3. The maximum Gasteiger partial charge on any atom is 0.416 e. The molecule has 0 aromatic heterocycles. The highest BCUT2D eigenvalue weighted by atomic mass is 35.5. The predicted octanol–water partition coefficient (Wildman–Crippen LogP) is 10.1. The van der Waals surface area contributed by atoms with Crippen LogP contribution in [0.3, 0.4) is 0 Å². The van der Waals surface area contributed by atoms with Gasteiger partial charge in [-0.05, 0) is 103 Å². The Kier molecular flexibility index (Phi) is 14.8. The Labute approximate surface area is 317 Å². The number of nitrogens with zero attached hydrogens (tertiary/aromatic N) is 4. The third-order valence-electron chi connectivity index (χ3n) is 8.32. The highest BCUT2D eigenvalue weighted by molar-refractivity contribution is 7.98. The molecular weight excluding hydrogens is 728 g/mol. The van der Waals surface area contributed by atoms with Crippen molar-refractivity contribution in [3.8, 4) is 0 Å². The molecule has 0 fully saturated rings. The van der Waals surface area contributed by atoms with Crippen molar-refractivity contribution in [2.75, 3.05) is 33.3 Å². The van der Waals surface area contributed by atoms with Crippen molar-refractivity contribution >= 4 is 52.5 Å². The van der Waals surface area contributed by atoms with Crippen LogP contribution in [0.1, 0.15) is 60.3 Å². The van der Waals surface area contributed by atoms with Crippen molar-refractivity contribution in [3.63, 3.8) is 0 Å². The Bertz CT molecular complexity index is 1790. The summed E-state index contributed by atoms with van der Waals surface area (Å²) in [5.41, 5.74) is 3.66. The largest absolute Gasteiger partial charge is 0.416 e. The number of aliphatic imine (C=N–C) groups is 1. The molecule has 2 N–H and O–H groups in total. The lowest BCUT2D eigenvalue weighted by molar-refractivity contribution is -0.137. The molecule has 0 spiro atoms. The third-order valence-corrected chi connectivity index (χ3v) is 9.62. The minimum Gasteiger partial charge on any atom is -0.394 e. The second-order valence-corrected chi connectivity index (χ2v) is 13.9. The SMILES string of the molecule is CNCCO/N=C(/CCCCCCN=C(NSc1ccc(Cl)cc1)N1CC(c2ccccc2)C(c2ccc(Cl)cc2)=N1)c1ccc(C(F)(F)F)cc1. The average Bonchev–Trinajstić information content (AvgIpc) is 3.60. The first kappa shape index (κ1) is 39.2. The summed E-state index contributed by atoms with van der Waals surface area (Å²) in [6.45, 7) is 2.16. The summed E-state index contributed by atoms with van der Waals surface area (Å²) in [6, 6.07) is 30.7. The number of guanidine groups is 1. The lowest BCUT2D eigenvalue weighted by Gasteiger charge is -2.19. The molecule has 0 radical (unpaired) electrons. The van der Waals surface area contributed by atoms with Gasteiger partial charge in [0.15, 0.2) is 0 Å². The topological polar surface area (TPSA) is 73.6 Å². The van der Waals surface area contributed by atoms with Crippen molar-refractivity contribution < 1.29 is 18.0 Å². The van der Waals surface area contributed by atoms with Gasteiger partial charge in [-0.3, -0.25) is 9.71 Å². The van der Waals surface area contributed by atoms with Gasteiger partial charge in [0.05, 0.1) is 23.5 Å². The monoisotopic (exact) mass is 768 g/mol. The second kappa shape index (κ2) is 19.7. The van der Waals surface area contributed by atoms with Crippen LogP contribution in [0.5, 0.6) is 0 Å². The molecular formula is C39H41Cl2F3N6OS. The quantitative estimate of drug-likeness (QED) is 0.0391. The average molecular weight is 770 g/mol. The van der Waals surface area contributed by atoms with Crippen molar-refractivity contribution in [2.45, 2.75) is 49.1 Å². The fraction of sp³-hybridized carbons (Fsp3) is 0.308. The van der Waals surface area contributed by atoms with E-state index in [0.29, 0.717) is 59.9 Å². The smallest absolute Gasteiger partial charge is 0.394 e. The molecule has 7 nitrogen and oxygen atoms in total. The Balaban J connectivity index is 1.24. The molecule has 5 rings (SSSR count). The first-order valence-electron chi connectivity index (χ1n) is 17.1. The summed E-state index contributed by atoms with van der Waals surface area (Å²) in [6.07, 6.45) is -0.368. The summed E-state index contributed by atoms with van der Waals surface area (Å²) in [5, 5.41) is 15.6. The van der Waals surface area contributed by atoms with Crippen LogP contribution in [0, 0.1) is 0 Å². The minimum absolute atomic E-state index is 0.0256. The number of hydrazone groups is 1. The zero-order valence-electron chi connectivity index (χ0n) is 28.8. The Morgan fingerprint density at radius 1 is 0.885 bits per heavy atom. The molecule has 4 aromatic rings.